The van der Waals surface area contributed by atoms with Crippen molar-refractivity contribution in [3.8, 4) is 16.9 Å². The van der Waals surface area contributed by atoms with Gasteiger partial charge in [0.2, 0.25) is 0 Å². The van der Waals surface area contributed by atoms with Crippen LogP contribution in [-0.2, 0) is 17.8 Å². The molecule has 1 saturated heterocycles. The summed E-state index contributed by atoms with van der Waals surface area (Å²) in [6.07, 6.45) is 0. The van der Waals surface area contributed by atoms with Gasteiger partial charge in [-0.15, -0.1) is 0 Å². The monoisotopic (exact) mass is 328 g/mol. The van der Waals surface area contributed by atoms with Crippen LogP contribution in [0, 0.1) is 0 Å². The zero-order valence-electron chi connectivity index (χ0n) is 13.0. The summed E-state index contributed by atoms with van der Waals surface area (Å²) in [6, 6.07) is 15.2. The molecule has 0 amide bonds. The van der Waals surface area contributed by atoms with Gasteiger partial charge in [-0.2, -0.15) is 0 Å². The SMILES string of the molecule is c1cc2c(c(-c3ccc(CN4CCOCC4)cc3)c1)OSNC2. The Morgan fingerprint density at radius 2 is 1.87 bits per heavy atom. The van der Waals surface area contributed by atoms with Crippen molar-refractivity contribution in [3.05, 3.63) is 53.6 Å². The van der Waals surface area contributed by atoms with Crippen LogP contribution in [0.3, 0.4) is 0 Å². The Hall–Kier alpha value is -1.53. The van der Waals surface area contributed by atoms with Crippen LogP contribution >= 0.6 is 12.2 Å². The van der Waals surface area contributed by atoms with Gasteiger partial charge in [-0.1, -0.05) is 42.5 Å². The highest BCUT2D eigenvalue weighted by atomic mass is 32.2. The number of ether oxygens (including phenoxy) is 1. The number of nitrogens with one attached hydrogen (secondary N) is 1. The van der Waals surface area contributed by atoms with Gasteiger partial charge in [0.1, 0.15) is 12.2 Å². The van der Waals surface area contributed by atoms with Crippen molar-refractivity contribution in [2.45, 2.75) is 13.1 Å². The first kappa shape index (κ1) is 15.0. The lowest BCUT2D eigenvalue weighted by Crippen LogP contribution is -2.35. The van der Waals surface area contributed by atoms with Gasteiger partial charge in [0, 0.05) is 37.3 Å². The number of fused-ring (bicyclic) bond motifs is 1. The highest BCUT2D eigenvalue weighted by Gasteiger charge is 2.16. The molecule has 23 heavy (non-hydrogen) atoms. The molecular formula is C18H20N2O2S. The van der Waals surface area contributed by atoms with E-state index in [-0.39, 0.29) is 0 Å². The van der Waals surface area contributed by atoms with E-state index in [2.05, 4.69) is 52.1 Å². The Labute approximate surface area is 141 Å². The van der Waals surface area contributed by atoms with Crippen molar-refractivity contribution in [2.75, 3.05) is 26.3 Å². The van der Waals surface area contributed by atoms with Crippen LogP contribution in [0.15, 0.2) is 42.5 Å². The summed E-state index contributed by atoms with van der Waals surface area (Å²) in [5.41, 5.74) is 4.92. The van der Waals surface area contributed by atoms with Gasteiger partial charge in [-0.25, -0.2) is 4.72 Å². The van der Waals surface area contributed by atoms with Gasteiger partial charge in [0.25, 0.3) is 0 Å². The van der Waals surface area contributed by atoms with Gasteiger partial charge in [-0.05, 0) is 11.1 Å². The molecule has 2 aromatic rings. The fourth-order valence-electron chi connectivity index (χ4n) is 3.04. The van der Waals surface area contributed by atoms with E-state index < -0.39 is 0 Å². The Bertz CT molecular complexity index is 669. The largest absolute Gasteiger partial charge is 0.409 e. The average Bonchev–Trinajstić information content (AvgIpc) is 2.63. The summed E-state index contributed by atoms with van der Waals surface area (Å²) in [4.78, 5) is 2.44. The Balaban J connectivity index is 1.54. The van der Waals surface area contributed by atoms with Crippen LogP contribution in [0.2, 0.25) is 0 Å². The Morgan fingerprint density at radius 3 is 2.70 bits per heavy atom. The third-order valence-corrected chi connectivity index (χ3v) is 4.83. The molecule has 4 nitrogen and oxygen atoms in total. The number of rotatable bonds is 3. The maximum absolute atomic E-state index is 5.74. The van der Waals surface area contributed by atoms with E-state index in [0.717, 1.165) is 50.7 Å². The molecule has 0 spiro atoms. The summed E-state index contributed by atoms with van der Waals surface area (Å²) in [7, 11) is 0. The van der Waals surface area contributed by atoms with Crippen LogP contribution < -0.4 is 8.91 Å². The molecule has 0 aliphatic carbocycles. The molecule has 0 bridgehead atoms. The summed E-state index contributed by atoms with van der Waals surface area (Å²) < 4.78 is 14.3. The van der Waals surface area contributed by atoms with Crippen LogP contribution in [0.4, 0.5) is 0 Å². The lowest BCUT2D eigenvalue weighted by molar-refractivity contribution is 0.0342. The summed E-state index contributed by atoms with van der Waals surface area (Å²) in [6.45, 7) is 5.56. The molecular weight excluding hydrogens is 308 g/mol. The van der Waals surface area contributed by atoms with E-state index in [0.29, 0.717) is 0 Å². The average molecular weight is 328 g/mol. The molecule has 4 rings (SSSR count). The molecule has 5 heteroatoms. The molecule has 0 saturated carbocycles. The number of para-hydroxylation sites is 1. The normalized spacial score (nSPS) is 18.3. The molecule has 1 fully saturated rings. The predicted molar refractivity (Wildman–Crippen MR) is 93.0 cm³/mol. The molecule has 2 heterocycles. The molecule has 2 aromatic carbocycles. The fraction of sp³-hybridized carbons (Fsp3) is 0.333. The lowest BCUT2D eigenvalue weighted by atomic mass is 10.00. The van der Waals surface area contributed by atoms with Crippen molar-refractivity contribution in [1.82, 2.24) is 9.62 Å². The smallest absolute Gasteiger partial charge is 0.151 e. The number of hydrogen-bond donors (Lipinski definition) is 1. The second kappa shape index (κ2) is 6.93. The first-order valence-corrected chi connectivity index (χ1v) is 8.72. The zero-order valence-corrected chi connectivity index (χ0v) is 13.8. The summed E-state index contributed by atoms with van der Waals surface area (Å²) >= 11 is 1.30. The maximum Gasteiger partial charge on any atom is 0.151 e. The van der Waals surface area contributed by atoms with E-state index in [4.69, 9.17) is 8.92 Å². The molecule has 2 aliphatic heterocycles. The molecule has 120 valence electrons. The fourth-order valence-corrected chi connectivity index (χ4v) is 3.59. The van der Waals surface area contributed by atoms with Crippen LogP contribution in [0.1, 0.15) is 11.1 Å². The molecule has 0 atom stereocenters. The van der Waals surface area contributed by atoms with Crippen molar-refractivity contribution >= 4 is 12.2 Å². The minimum absolute atomic E-state index is 0.836. The minimum Gasteiger partial charge on any atom is -0.409 e. The van der Waals surface area contributed by atoms with Gasteiger partial charge in [-0.3, -0.25) is 4.90 Å². The number of hydrogen-bond acceptors (Lipinski definition) is 5. The molecule has 1 N–H and O–H groups in total. The van der Waals surface area contributed by atoms with E-state index in [1.807, 2.05) is 0 Å². The number of nitrogens with zero attached hydrogens (tertiary/aromatic N) is 1. The van der Waals surface area contributed by atoms with Crippen molar-refractivity contribution in [3.63, 3.8) is 0 Å². The summed E-state index contributed by atoms with van der Waals surface area (Å²) in [5, 5.41) is 0. The van der Waals surface area contributed by atoms with Crippen molar-refractivity contribution in [1.29, 1.82) is 0 Å². The number of morpholine rings is 1. The molecule has 0 unspecified atom stereocenters. The van der Waals surface area contributed by atoms with Gasteiger partial charge < -0.3 is 8.92 Å². The topological polar surface area (TPSA) is 33.7 Å². The first-order chi connectivity index (χ1) is 11.4. The molecule has 0 aromatic heterocycles. The van der Waals surface area contributed by atoms with Crippen molar-refractivity contribution in [2.24, 2.45) is 0 Å². The van der Waals surface area contributed by atoms with E-state index in [9.17, 15) is 0 Å². The maximum atomic E-state index is 5.74. The summed E-state index contributed by atoms with van der Waals surface area (Å²) in [5.74, 6) is 0.983. The zero-order chi connectivity index (χ0) is 15.5. The van der Waals surface area contributed by atoms with Crippen LogP contribution in [-0.4, -0.2) is 31.2 Å². The second-order valence-electron chi connectivity index (χ2n) is 5.87. The number of benzene rings is 2. The van der Waals surface area contributed by atoms with E-state index in [1.165, 1.54) is 28.9 Å². The third-order valence-electron chi connectivity index (χ3n) is 4.32. The standard InChI is InChI=1S/C18H20N2O2S/c1-2-16-12-19-23-22-18(16)17(3-1)15-6-4-14(5-7-15)13-20-8-10-21-11-9-20/h1-7,19H,8-13H2. The van der Waals surface area contributed by atoms with Crippen LogP contribution in [0.5, 0.6) is 5.75 Å². The minimum atomic E-state index is 0.836. The highest BCUT2D eigenvalue weighted by Crippen LogP contribution is 2.37. The third kappa shape index (κ3) is 3.38. The van der Waals surface area contributed by atoms with E-state index >= 15 is 0 Å². The second-order valence-corrected chi connectivity index (χ2v) is 6.49. The Kier molecular flexibility index (Phi) is 4.52. The highest BCUT2D eigenvalue weighted by molar-refractivity contribution is 7.93. The Morgan fingerprint density at radius 1 is 1.04 bits per heavy atom. The van der Waals surface area contributed by atoms with Gasteiger partial charge in [0.15, 0.2) is 5.75 Å². The molecule has 0 radical (unpaired) electrons. The predicted octanol–water partition coefficient (Wildman–Crippen LogP) is 3.23. The molecule has 2 aliphatic rings. The van der Waals surface area contributed by atoms with Crippen molar-refractivity contribution < 1.29 is 8.92 Å². The first-order valence-electron chi connectivity index (χ1n) is 7.98. The van der Waals surface area contributed by atoms with Gasteiger partial charge >= 0.3 is 0 Å². The van der Waals surface area contributed by atoms with E-state index in [1.54, 1.807) is 0 Å². The van der Waals surface area contributed by atoms with Crippen LogP contribution in [0.25, 0.3) is 11.1 Å². The quantitative estimate of drug-likeness (QED) is 0.691. The van der Waals surface area contributed by atoms with Gasteiger partial charge in [0.05, 0.1) is 13.2 Å². The lowest BCUT2D eigenvalue weighted by Gasteiger charge is -2.26.